The molecule has 1 unspecified atom stereocenters. The van der Waals surface area contributed by atoms with Gasteiger partial charge in [0, 0.05) is 12.1 Å². The number of halogens is 2. The third kappa shape index (κ3) is 3.87. The first kappa shape index (κ1) is 16.5. The number of aromatic nitrogens is 2. The second kappa shape index (κ2) is 6.95. The monoisotopic (exact) mass is 323 g/mol. The van der Waals surface area contributed by atoms with Gasteiger partial charge in [-0.05, 0) is 25.5 Å². The van der Waals surface area contributed by atoms with Crippen molar-refractivity contribution in [1.82, 2.24) is 9.97 Å². The van der Waals surface area contributed by atoms with Gasteiger partial charge in [0.15, 0.2) is 0 Å². The lowest BCUT2D eigenvalue weighted by Gasteiger charge is -2.14. The van der Waals surface area contributed by atoms with E-state index >= 15 is 0 Å². The van der Waals surface area contributed by atoms with Crippen molar-refractivity contribution in [3.8, 4) is 0 Å². The molecule has 7 nitrogen and oxygen atoms in total. The average molecular weight is 323 g/mol. The van der Waals surface area contributed by atoms with E-state index in [-0.39, 0.29) is 23.4 Å². The summed E-state index contributed by atoms with van der Waals surface area (Å²) in [6.07, 6.45) is 1.83. The molecule has 1 aromatic carbocycles. The van der Waals surface area contributed by atoms with E-state index in [4.69, 9.17) is 0 Å². The van der Waals surface area contributed by atoms with E-state index in [1.54, 1.807) is 0 Å². The normalized spacial score (nSPS) is 11.8. The van der Waals surface area contributed by atoms with Gasteiger partial charge in [0.1, 0.15) is 18.0 Å². The van der Waals surface area contributed by atoms with Gasteiger partial charge in [-0.3, -0.25) is 10.1 Å². The van der Waals surface area contributed by atoms with Crippen LogP contribution in [0.5, 0.6) is 0 Å². The van der Waals surface area contributed by atoms with Crippen LogP contribution in [0.1, 0.15) is 20.3 Å². The van der Waals surface area contributed by atoms with Crippen LogP contribution >= 0.6 is 0 Å². The molecule has 0 aliphatic rings. The van der Waals surface area contributed by atoms with Gasteiger partial charge >= 0.3 is 5.69 Å². The predicted octanol–water partition coefficient (Wildman–Crippen LogP) is 3.62. The van der Waals surface area contributed by atoms with Crippen molar-refractivity contribution in [3.05, 3.63) is 46.3 Å². The van der Waals surface area contributed by atoms with Crippen LogP contribution in [0.2, 0.25) is 0 Å². The lowest BCUT2D eigenvalue weighted by Crippen LogP contribution is -2.16. The summed E-state index contributed by atoms with van der Waals surface area (Å²) in [6, 6.07) is 2.71. The smallest absolute Gasteiger partial charge is 0.353 e. The fourth-order valence-electron chi connectivity index (χ4n) is 1.81. The molecule has 0 fully saturated rings. The number of rotatable bonds is 6. The number of nitrogens with zero attached hydrogens (tertiary/aromatic N) is 3. The van der Waals surface area contributed by atoms with E-state index < -0.39 is 22.2 Å². The number of anilines is 3. The van der Waals surface area contributed by atoms with E-state index in [2.05, 4.69) is 20.6 Å². The van der Waals surface area contributed by atoms with Crippen LogP contribution in [0.15, 0.2) is 24.5 Å². The maximum atomic E-state index is 13.7. The van der Waals surface area contributed by atoms with Crippen molar-refractivity contribution in [1.29, 1.82) is 0 Å². The molecule has 23 heavy (non-hydrogen) atoms. The van der Waals surface area contributed by atoms with Gasteiger partial charge in [-0.25, -0.2) is 18.7 Å². The topological polar surface area (TPSA) is 93.0 Å². The molecule has 2 aromatic rings. The Morgan fingerprint density at radius 3 is 2.65 bits per heavy atom. The van der Waals surface area contributed by atoms with Gasteiger partial charge < -0.3 is 10.6 Å². The molecule has 0 saturated heterocycles. The minimum Gasteiger partial charge on any atom is -0.362 e. The zero-order chi connectivity index (χ0) is 17.0. The van der Waals surface area contributed by atoms with Crippen molar-refractivity contribution in [3.63, 3.8) is 0 Å². The SMILES string of the molecule is CCC(C)Nc1ncnc(Nc2cc(F)ccc2F)c1[N+](=O)[O-]. The van der Waals surface area contributed by atoms with Crippen molar-refractivity contribution >= 4 is 23.0 Å². The summed E-state index contributed by atoms with van der Waals surface area (Å²) >= 11 is 0. The fourth-order valence-corrected chi connectivity index (χ4v) is 1.81. The van der Waals surface area contributed by atoms with Gasteiger partial charge in [0.05, 0.1) is 10.6 Å². The summed E-state index contributed by atoms with van der Waals surface area (Å²) in [7, 11) is 0. The minimum atomic E-state index is -0.754. The summed E-state index contributed by atoms with van der Waals surface area (Å²) in [5, 5.41) is 16.7. The highest BCUT2D eigenvalue weighted by Gasteiger charge is 2.24. The molecule has 0 amide bonds. The Hall–Kier alpha value is -2.84. The van der Waals surface area contributed by atoms with Crippen LogP contribution in [-0.4, -0.2) is 20.9 Å². The molecule has 0 spiro atoms. The van der Waals surface area contributed by atoms with Crippen LogP contribution in [0.3, 0.4) is 0 Å². The van der Waals surface area contributed by atoms with Crippen molar-refractivity contribution in [2.45, 2.75) is 26.3 Å². The lowest BCUT2D eigenvalue weighted by molar-refractivity contribution is -0.383. The third-order valence-electron chi connectivity index (χ3n) is 3.18. The molecule has 122 valence electrons. The third-order valence-corrected chi connectivity index (χ3v) is 3.18. The highest BCUT2D eigenvalue weighted by molar-refractivity contribution is 5.74. The molecule has 0 aliphatic carbocycles. The standard InChI is InChI=1S/C14H15F2N5O2/c1-3-8(2)19-13-12(21(22)23)14(18-7-17-13)20-11-6-9(15)4-5-10(11)16/h4-8H,3H2,1-2H3,(H2,17,18,19,20). The van der Waals surface area contributed by atoms with Crippen molar-refractivity contribution < 1.29 is 13.7 Å². The number of nitro groups is 1. The second-order valence-electron chi connectivity index (χ2n) is 4.88. The molecule has 1 heterocycles. The van der Waals surface area contributed by atoms with Crippen LogP contribution in [0.25, 0.3) is 0 Å². The van der Waals surface area contributed by atoms with Crippen LogP contribution in [0, 0.1) is 21.7 Å². The first-order valence-corrected chi connectivity index (χ1v) is 6.90. The van der Waals surface area contributed by atoms with E-state index in [9.17, 15) is 18.9 Å². The summed E-state index contributed by atoms with van der Waals surface area (Å²) in [5.74, 6) is -1.64. The molecule has 1 atom stereocenters. The van der Waals surface area contributed by atoms with Crippen LogP contribution < -0.4 is 10.6 Å². The van der Waals surface area contributed by atoms with E-state index in [0.29, 0.717) is 0 Å². The molecular formula is C14H15F2N5O2. The van der Waals surface area contributed by atoms with Gasteiger partial charge in [-0.2, -0.15) is 0 Å². The van der Waals surface area contributed by atoms with Gasteiger partial charge in [-0.15, -0.1) is 0 Å². The Kier molecular flexibility index (Phi) is 4.99. The Balaban J connectivity index is 2.43. The molecule has 0 saturated carbocycles. The zero-order valence-corrected chi connectivity index (χ0v) is 12.5. The quantitative estimate of drug-likeness (QED) is 0.623. The first-order valence-electron chi connectivity index (χ1n) is 6.90. The Labute approximate surface area is 130 Å². The highest BCUT2D eigenvalue weighted by atomic mass is 19.1. The predicted molar refractivity (Wildman–Crippen MR) is 81.7 cm³/mol. The van der Waals surface area contributed by atoms with Crippen LogP contribution in [0.4, 0.5) is 31.8 Å². The van der Waals surface area contributed by atoms with E-state index in [1.165, 1.54) is 0 Å². The number of hydrogen-bond acceptors (Lipinski definition) is 6. The fraction of sp³-hybridized carbons (Fsp3) is 0.286. The number of benzene rings is 1. The summed E-state index contributed by atoms with van der Waals surface area (Å²) < 4.78 is 26.9. The molecule has 2 rings (SSSR count). The summed E-state index contributed by atoms with van der Waals surface area (Å²) in [4.78, 5) is 18.3. The lowest BCUT2D eigenvalue weighted by atomic mass is 10.2. The largest absolute Gasteiger partial charge is 0.362 e. The van der Waals surface area contributed by atoms with Crippen molar-refractivity contribution in [2.24, 2.45) is 0 Å². The van der Waals surface area contributed by atoms with Gasteiger partial charge in [0.25, 0.3) is 0 Å². The first-order chi connectivity index (χ1) is 10.9. The molecule has 0 radical (unpaired) electrons. The number of hydrogen-bond donors (Lipinski definition) is 2. The summed E-state index contributed by atoms with van der Waals surface area (Å²) in [6.45, 7) is 3.75. The van der Waals surface area contributed by atoms with Gasteiger partial charge in [-0.1, -0.05) is 6.92 Å². The zero-order valence-electron chi connectivity index (χ0n) is 12.5. The molecule has 0 bridgehead atoms. The Morgan fingerprint density at radius 2 is 2.00 bits per heavy atom. The van der Waals surface area contributed by atoms with Crippen molar-refractivity contribution in [2.75, 3.05) is 10.6 Å². The molecule has 2 N–H and O–H groups in total. The highest BCUT2D eigenvalue weighted by Crippen LogP contribution is 2.32. The maximum absolute atomic E-state index is 13.7. The van der Waals surface area contributed by atoms with E-state index in [1.807, 2.05) is 13.8 Å². The van der Waals surface area contributed by atoms with Gasteiger partial charge in [0.2, 0.25) is 11.6 Å². The molecule has 1 aromatic heterocycles. The molecule has 9 heteroatoms. The summed E-state index contributed by atoms with van der Waals surface area (Å²) in [5.41, 5.74) is -0.683. The Bertz CT molecular complexity index is 726. The van der Waals surface area contributed by atoms with E-state index in [0.717, 1.165) is 30.9 Å². The molecular weight excluding hydrogens is 308 g/mol. The minimum absolute atomic E-state index is 0.0126. The van der Waals surface area contributed by atoms with Crippen LogP contribution in [-0.2, 0) is 0 Å². The molecule has 0 aliphatic heterocycles. The number of nitrogens with one attached hydrogen (secondary N) is 2. The second-order valence-corrected chi connectivity index (χ2v) is 4.88. The maximum Gasteiger partial charge on any atom is 0.353 e. The Morgan fingerprint density at radius 1 is 1.30 bits per heavy atom. The average Bonchev–Trinajstić information content (AvgIpc) is 2.50.